The minimum atomic E-state index is -3.03. The van der Waals surface area contributed by atoms with E-state index in [4.69, 9.17) is 0 Å². The van der Waals surface area contributed by atoms with Crippen molar-refractivity contribution in [3.63, 3.8) is 0 Å². The molecule has 162 valence electrons. The monoisotopic (exact) mass is 440 g/mol. The average Bonchev–Trinajstić information content (AvgIpc) is 3.14. The van der Waals surface area contributed by atoms with Gasteiger partial charge in [-0.25, -0.2) is 4.67 Å². The summed E-state index contributed by atoms with van der Waals surface area (Å²) in [5.41, 5.74) is 2.39. The molecule has 0 amide bonds. The SMILES string of the molecule is CNCC(c1ccccc1)N1[C@H](c2ccccc2)[C@H]2C=CCC=C2[P@]1(=O)c1ccccc1. The van der Waals surface area contributed by atoms with Gasteiger partial charge in [0.25, 0.3) is 0 Å². The van der Waals surface area contributed by atoms with E-state index in [0.29, 0.717) is 6.54 Å². The predicted octanol–water partition coefficient (Wildman–Crippen LogP) is 6.07. The molecule has 1 N–H and O–H groups in total. The molecule has 3 aromatic carbocycles. The Labute approximate surface area is 190 Å². The molecule has 0 aromatic heterocycles. The van der Waals surface area contributed by atoms with Crippen LogP contribution in [-0.2, 0) is 4.57 Å². The molecule has 0 bridgehead atoms. The lowest BCUT2D eigenvalue weighted by atomic mass is 9.88. The van der Waals surface area contributed by atoms with Crippen molar-refractivity contribution >= 4 is 12.6 Å². The van der Waals surface area contributed by atoms with Crippen molar-refractivity contribution < 1.29 is 4.57 Å². The number of fused-ring (bicyclic) bond motifs is 1. The Morgan fingerprint density at radius 1 is 0.938 bits per heavy atom. The summed E-state index contributed by atoms with van der Waals surface area (Å²) in [4.78, 5) is 0. The molecule has 1 fully saturated rings. The number of allylic oxidation sites excluding steroid dienone is 2. The van der Waals surface area contributed by atoms with E-state index in [1.165, 1.54) is 11.1 Å². The van der Waals surface area contributed by atoms with Crippen LogP contribution in [-0.4, -0.2) is 18.3 Å². The molecule has 4 atom stereocenters. The predicted molar refractivity (Wildman–Crippen MR) is 133 cm³/mol. The van der Waals surface area contributed by atoms with Crippen molar-refractivity contribution in [3.8, 4) is 0 Å². The summed E-state index contributed by atoms with van der Waals surface area (Å²) in [5, 5.41) is 5.38. The lowest BCUT2D eigenvalue weighted by molar-refractivity contribution is 0.246. The number of hydrogen-bond donors (Lipinski definition) is 1. The van der Waals surface area contributed by atoms with Crippen LogP contribution in [0.3, 0.4) is 0 Å². The summed E-state index contributed by atoms with van der Waals surface area (Å²) in [6.45, 7) is 0.716. The first kappa shape index (κ1) is 21.2. The van der Waals surface area contributed by atoms with Crippen LogP contribution in [0.15, 0.2) is 115 Å². The van der Waals surface area contributed by atoms with Crippen LogP contribution in [0, 0.1) is 5.92 Å². The normalized spacial score (nSPS) is 25.8. The number of benzene rings is 3. The fourth-order valence-corrected chi connectivity index (χ4v) is 8.89. The Morgan fingerprint density at radius 2 is 1.56 bits per heavy atom. The van der Waals surface area contributed by atoms with E-state index in [2.05, 4.69) is 82.8 Å². The minimum Gasteiger partial charge on any atom is -0.318 e. The second-order valence-corrected chi connectivity index (χ2v) is 11.1. The Kier molecular flexibility index (Phi) is 5.97. The number of nitrogens with zero attached hydrogens (tertiary/aromatic N) is 1. The zero-order chi connectivity index (χ0) is 22.0. The Bertz CT molecular complexity index is 1160. The van der Waals surface area contributed by atoms with Gasteiger partial charge in [0, 0.05) is 23.1 Å². The van der Waals surface area contributed by atoms with E-state index < -0.39 is 7.29 Å². The molecule has 0 saturated carbocycles. The van der Waals surface area contributed by atoms with Gasteiger partial charge in [0.2, 0.25) is 7.29 Å². The van der Waals surface area contributed by atoms with Gasteiger partial charge in [-0.3, -0.25) is 4.57 Å². The number of nitrogens with one attached hydrogen (secondary N) is 1. The van der Waals surface area contributed by atoms with Crippen LogP contribution in [0.25, 0.3) is 0 Å². The Balaban J connectivity index is 1.78. The first-order valence-corrected chi connectivity index (χ1v) is 13.0. The molecule has 3 aromatic rings. The number of hydrogen-bond acceptors (Lipinski definition) is 2. The smallest absolute Gasteiger partial charge is 0.204 e. The maximum atomic E-state index is 15.4. The number of likely N-dealkylation sites (N-methyl/N-ethyl adjacent to an activating group) is 1. The third-order valence-corrected chi connectivity index (χ3v) is 9.95. The van der Waals surface area contributed by atoms with Crippen LogP contribution in [0.2, 0.25) is 0 Å². The minimum absolute atomic E-state index is 0.00333. The average molecular weight is 441 g/mol. The van der Waals surface area contributed by atoms with E-state index in [1.807, 2.05) is 43.4 Å². The molecule has 1 saturated heterocycles. The van der Waals surface area contributed by atoms with Crippen LogP contribution in [0.5, 0.6) is 0 Å². The highest BCUT2D eigenvalue weighted by Gasteiger charge is 2.55. The van der Waals surface area contributed by atoms with Crippen molar-refractivity contribution in [2.75, 3.05) is 13.6 Å². The van der Waals surface area contributed by atoms with E-state index >= 15 is 4.57 Å². The lowest BCUT2D eigenvalue weighted by Crippen LogP contribution is -2.35. The second-order valence-electron chi connectivity index (χ2n) is 8.45. The second kappa shape index (κ2) is 9.03. The largest absolute Gasteiger partial charge is 0.318 e. The quantitative estimate of drug-likeness (QED) is 0.373. The molecule has 1 unspecified atom stereocenters. The molecule has 4 heteroatoms. The zero-order valence-corrected chi connectivity index (χ0v) is 19.2. The van der Waals surface area contributed by atoms with Crippen molar-refractivity contribution in [3.05, 3.63) is 126 Å². The fourth-order valence-electron chi connectivity index (χ4n) is 5.26. The molecule has 3 nitrogen and oxygen atoms in total. The summed E-state index contributed by atoms with van der Waals surface area (Å²) in [6.07, 6.45) is 7.55. The van der Waals surface area contributed by atoms with Crippen molar-refractivity contribution in [2.45, 2.75) is 18.5 Å². The first-order valence-electron chi connectivity index (χ1n) is 11.3. The Morgan fingerprint density at radius 3 is 2.22 bits per heavy atom. The van der Waals surface area contributed by atoms with Gasteiger partial charge in [0.05, 0.1) is 12.1 Å². The third kappa shape index (κ3) is 3.51. The summed E-state index contributed by atoms with van der Waals surface area (Å²) < 4.78 is 17.7. The van der Waals surface area contributed by atoms with E-state index in [0.717, 1.165) is 17.0 Å². The Hall–Kier alpha value is -2.71. The van der Waals surface area contributed by atoms with Crippen molar-refractivity contribution in [2.24, 2.45) is 5.92 Å². The van der Waals surface area contributed by atoms with E-state index in [9.17, 15) is 0 Å². The maximum absolute atomic E-state index is 15.4. The topological polar surface area (TPSA) is 32.3 Å². The van der Waals surface area contributed by atoms with Crippen molar-refractivity contribution in [1.82, 2.24) is 9.99 Å². The molecular formula is C28H29N2OP. The molecule has 1 aliphatic carbocycles. The van der Waals surface area contributed by atoms with Gasteiger partial charge in [-0.15, -0.1) is 0 Å². The van der Waals surface area contributed by atoms with Gasteiger partial charge in [-0.2, -0.15) is 0 Å². The number of rotatable bonds is 6. The molecular weight excluding hydrogens is 411 g/mol. The van der Waals surface area contributed by atoms with Crippen LogP contribution < -0.4 is 10.6 Å². The van der Waals surface area contributed by atoms with E-state index in [-0.39, 0.29) is 18.0 Å². The molecule has 0 radical (unpaired) electrons. The lowest BCUT2D eigenvalue weighted by Gasteiger charge is -2.38. The molecule has 32 heavy (non-hydrogen) atoms. The third-order valence-electron chi connectivity index (χ3n) is 6.60. The molecule has 5 rings (SSSR count). The standard InChI is InChI=1S/C28H29N2OP/c1-29-21-26(22-13-5-2-6-14-22)30-28(23-15-7-3-8-16-23)25-19-11-12-20-27(25)32(30,31)24-17-9-4-10-18-24/h2-11,13-20,25-26,28-29H,12,21H2,1H3/t25-,26?,28+,32+/m0/s1. The fraction of sp³-hybridized carbons (Fsp3) is 0.214. The van der Waals surface area contributed by atoms with Crippen LogP contribution in [0.4, 0.5) is 0 Å². The van der Waals surface area contributed by atoms with Gasteiger partial charge in [0.1, 0.15) is 0 Å². The molecule has 1 aliphatic heterocycles. The summed E-state index contributed by atoms with van der Waals surface area (Å²) in [7, 11) is -1.06. The maximum Gasteiger partial charge on any atom is 0.204 e. The molecule has 2 aliphatic rings. The highest BCUT2D eigenvalue weighted by molar-refractivity contribution is 7.73. The van der Waals surface area contributed by atoms with Crippen LogP contribution >= 0.6 is 7.29 Å². The molecule has 1 heterocycles. The highest BCUT2D eigenvalue weighted by atomic mass is 31.2. The summed E-state index contributed by atoms with van der Waals surface area (Å²) in [5.74, 6) is 0.0975. The van der Waals surface area contributed by atoms with E-state index in [1.54, 1.807) is 0 Å². The van der Waals surface area contributed by atoms with Crippen molar-refractivity contribution in [1.29, 1.82) is 0 Å². The highest BCUT2D eigenvalue weighted by Crippen LogP contribution is 2.73. The molecule has 0 spiro atoms. The van der Waals surface area contributed by atoms with Gasteiger partial charge in [-0.1, -0.05) is 97.1 Å². The van der Waals surface area contributed by atoms with Gasteiger partial charge in [0.15, 0.2) is 0 Å². The summed E-state index contributed by atoms with van der Waals surface area (Å²) in [6, 6.07) is 31.2. The summed E-state index contributed by atoms with van der Waals surface area (Å²) >= 11 is 0. The first-order chi connectivity index (χ1) is 15.7. The van der Waals surface area contributed by atoms with Crippen LogP contribution in [0.1, 0.15) is 29.6 Å². The van der Waals surface area contributed by atoms with Gasteiger partial charge in [-0.05, 0) is 36.7 Å². The zero-order valence-electron chi connectivity index (χ0n) is 18.3. The van der Waals surface area contributed by atoms with Gasteiger partial charge >= 0.3 is 0 Å². The van der Waals surface area contributed by atoms with Gasteiger partial charge < -0.3 is 5.32 Å².